The maximum atomic E-state index is 13.5. The van der Waals surface area contributed by atoms with Gasteiger partial charge in [-0.15, -0.1) is 15.7 Å². The van der Waals surface area contributed by atoms with Gasteiger partial charge in [-0.1, -0.05) is 48.5 Å². The van der Waals surface area contributed by atoms with Crippen LogP contribution in [0.15, 0.2) is 67.4 Å². The first kappa shape index (κ1) is 28.3. The van der Waals surface area contributed by atoms with Crippen LogP contribution in [0.1, 0.15) is 48.9 Å². The maximum Gasteiger partial charge on any atom is 0.410 e. The fourth-order valence-electron chi connectivity index (χ4n) is 5.36. The maximum absolute atomic E-state index is 13.5. The van der Waals surface area contributed by atoms with Crippen LogP contribution in [-0.4, -0.2) is 71.6 Å². The topological polar surface area (TPSA) is 113 Å². The molecule has 1 aliphatic carbocycles. The summed E-state index contributed by atoms with van der Waals surface area (Å²) < 4.78 is 61.5. The summed E-state index contributed by atoms with van der Waals surface area (Å²) in [4.78, 5) is 16.5. The van der Waals surface area contributed by atoms with Crippen LogP contribution in [0.5, 0.6) is 0 Å². The number of thiophene rings is 1. The summed E-state index contributed by atoms with van der Waals surface area (Å²) in [7, 11) is -4.63. The minimum absolute atomic E-state index is 0.0419. The van der Waals surface area contributed by atoms with Crippen LogP contribution in [0.3, 0.4) is 0 Å². The molecule has 1 amide bonds. The molecule has 3 aromatic rings. The summed E-state index contributed by atoms with van der Waals surface area (Å²) in [6, 6.07) is 16.8. The monoisotopic (exact) mass is 601 g/mol. The Morgan fingerprint density at radius 2 is 1.68 bits per heavy atom. The number of carbonyl (C=O) groups is 1. The van der Waals surface area contributed by atoms with Gasteiger partial charge in [0.1, 0.15) is 21.4 Å². The van der Waals surface area contributed by atoms with Crippen LogP contribution in [0.25, 0.3) is 11.1 Å². The molecule has 2 aromatic carbocycles. The molecule has 9 nitrogen and oxygen atoms in total. The van der Waals surface area contributed by atoms with Gasteiger partial charge < -0.3 is 14.5 Å². The minimum atomic E-state index is -4.12. The molecular formula is C28H31N3O6S3. The SMILES string of the molecule is CCN(C(=O)OCC1c2ccccc2-c2ccccc21)[C@H]1CC(C)S(=O)(=O)c2sc(S(=O)(=O)N=CN(C)C)cc21. The van der Waals surface area contributed by atoms with Gasteiger partial charge in [0.25, 0.3) is 10.0 Å². The average Bonchev–Trinajstić information content (AvgIpc) is 3.52. The molecular weight excluding hydrogens is 571 g/mol. The second kappa shape index (κ2) is 10.6. The lowest BCUT2D eigenvalue weighted by molar-refractivity contribution is 0.0828. The molecule has 1 aromatic heterocycles. The summed E-state index contributed by atoms with van der Waals surface area (Å²) >= 11 is 0.679. The third-order valence-corrected chi connectivity index (χ3v) is 12.9. The molecule has 0 saturated carbocycles. The van der Waals surface area contributed by atoms with Crippen LogP contribution >= 0.6 is 11.3 Å². The fraction of sp³-hybridized carbons (Fsp3) is 0.357. The first-order valence-electron chi connectivity index (χ1n) is 12.9. The minimum Gasteiger partial charge on any atom is -0.448 e. The molecule has 0 saturated heterocycles. The van der Waals surface area contributed by atoms with Crippen molar-refractivity contribution < 1.29 is 26.4 Å². The number of carbonyl (C=O) groups excluding carboxylic acids is 1. The van der Waals surface area contributed by atoms with Gasteiger partial charge >= 0.3 is 6.09 Å². The highest BCUT2D eigenvalue weighted by atomic mass is 32.3. The van der Waals surface area contributed by atoms with Crippen molar-refractivity contribution in [2.45, 2.75) is 45.9 Å². The Bertz CT molecular complexity index is 1650. The summed E-state index contributed by atoms with van der Waals surface area (Å²) in [6.07, 6.45) is 0.704. The van der Waals surface area contributed by atoms with E-state index in [0.717, 1.165) is 28.6 Å². The fourth-order valence-corrected chi connectivity index (χ4v) is 10.2. The smallest absolute Gasteiger partial charge is 0.410 e. The summed E-state index contributed by atoms with van der Waals surface area (Å²) in [6.45, 7) is 3.75. The highest BCUT2D eigenvalue weighted by molar-refractivity contribution is 7.96. The molecule has 0 fully saturated rings. The predicted molar refractivity (Wildman–Crippen MR) is 155 cm³/mol. The first-order valence-corrected chi connectivity index (χ1v) is 16.7. The van der Waals surface area contributed by atoms with Gasteiger partial charge in [-0.3, -0.25) is 0 Å². The number of benzene rings is 2. The Hall–Kier alpha value is -3.22. The number of nitrogens with zero attached hydrogens (tertiary/aromatic N) is 3. The van der Waals surface area contributed by atoms with Crippen molar-refractivity contribution in [3.8, 4) is 11.1 Å². The average molecular weight is 602 g/mol. The lowest BCUT2D eigenvalue weighted by atomic mass is 9.98. The normalized spacial score (nSPS) is 19.6. The number of fused-ring (bicyclic) bond motifs is 4. The molecule has 0 N–H and O–H groups in total. The van der Waals surface area contributed by atoms with Crippen molar-refractivity contribution in [1.82, 2.24) is 9.80 Å². The van der Waals surface area contributed by atoms with Gasteiger partial charge in [0.05, 0.1) is 11.3 Å². The van der Waals surface area contributed by atoms with Crippen LogP contribution in [0.4, 0.5) is 4.79 Å². The first-order chi connectivity index (χ1) is 19.0. The molecule has 2 atom stereocenters. The molecule has 2 aliphatic rings. The number of sulfonamides is 1. The van der Waals surface area contributed by atoms with Crippen LogP contribution in [-0.2, 0) is 24.6 Å². The summed E-state index contributed by atoms with van der Waals surface area (Å²) in [5, 5.41) is -0.806. The Labute approximate surface area is 239 Å². The van der Waals surface area contributed by atoms with E-state index in [2.05, 4.69) is 16.5 Å². The molecule has 1 aliphatic heterocycles. The number of ether oxygens (including phenoxy) is 1. The van der Waals surface area contributed by atoms with Crippen molar-refractivity contribution in [1.29, 1.82) is 0 Å². The van der Waals surface area contributed by atoms with E-state index in [-0.39, 0.29) is 39.5 Å². The van der Waals surface area contributed by atoms with Crippen molar-refractivity contribution in [3.63, 3.8) is 0 Å². The molecule has 2 heterocycles. The molecule has 1 unspecified atom stereocenters. The molecule has 0 radical (unpaired) electrons. The third-order valence-electron chi connectivity index (χ3n) is 7.36. The standard InChI is InChI=1S/C28H31N3O6S3/c1-5-31(28(32)37-16-24-21-12-8-6-10-19(21)20-11-7-9-13-22(20)24)25-14-18(2)39(33,34)27-23(25)15-26(38-27)40(35,36)29-17-30(3)4/h6-13,15,17-18,24-25H,5,14,16H2,1-4H3/t18?,25-/m0/s1. The Kier molecular flexibility index (Phi) is 7.53. The van der Waals surface area contributed by atoms with Crippen LogP contribution < -0.4 is 0 Å². The molecule has 5 rings (SSSR count). The Morgan fingerprint density at radius 3 is 2.25 bits per heavy atom. The van der Waals surface area contributed by atoms with Crippen molar-refractivity contribution in [2.75, 3.05) is 27.2 Å². The molecule has 12 heteroatoms. The number of hydrogen-bond donors (Lipinski definition) is 0. The zero-order valence-electron chi connectivity index (χ0n) is 22.6. The lowest BCUT2D eigenvalue weighted by Gasteiger charge is -2.35. The van der Waals surface area contributed by atoms with E-state index in [4.69, 9.17) is 4.74 Å². The van der Waals surface area contributed by atoms with Gasteiger partial charge in [-0.05, 0) is 48.6 Å². The van der Waals surface area contributed by atoms with Gasteiger partial charge in [0.15, 0.2) is 9.84 Å². The summed E-state index contributed by atoms with van der Waals surface area (Å²) in [5.74, 6) is -0.122. The van der Waals surface area contributed by atoms with Crippen molar-refractivity contribution >= 4 is 43.6 Å². The van der Waals surface area contributed by atoms with Gasteiger partial charge in [0.2, 0.25) is 0 Å². The van der Waals surface area contributed by atoms with Crippen LogP contribution in [0.2, 0.25) is 0 Å². The summed E-state index contributed by atoms with van der Waals surface area (Å²) in [5.41, 5.74) is 4.70. The van der Waals surface area contributed by atoms with Crippen molar-refractivity contribution in [3.05, 3.63) is 71.3 Å². The van der Waals surface area contributed by atoms with Crippen LogP contribution in [0, 0.1) is 0 Å². The molecule has 212 valence electrons. The third kappa shape index (κ3) is 4.92. The van der Waals surface area contributed by atoms with E-state index in [0.29, 0.717) is 11.3 Å². The second-order valence-corrected chi connectivity index (χ2v) is 15.6. The largest absolute Gasteiger partial charge is 0.448 e. The van der Waals surface area contributed by atoms with E-state index >= 15 is 0 Å². The number of amides is 1. The molecule has 40 heavy (non-hydrogen) atoms. The van der Waals surface area contributed by atoms with Crippen molar-refractivity contribution in [2.24, 2.45) is 4.40 Å². The number of hydrogen-bond acceptors (Lipinski definition) is 7. The predicted octanol–water partition coefficient (Wildman–Crippen LogP) is 4.90. The van der Waals surface area contributed by atoms with Gasteiger partial charge in [-0.25, -0.2) is 13.2 Å². The van der Waals surface area contributed by atoms with E-state index in [1.54, 1.807) is 27.9 Å². The van der Waals surface area contributed by atoms with E-state index in [1.807, 2.05) is 36.4 Å². The second-order valence-electron chi connectivity index (χ2n) is 10.2. The Balaban J connectivity index is 1.44. The number of sulfone groups is 1. The van der Waals surface area contributed by atoms with E-state index < -0.39 is 37.2 Å². The lowest BCUT2D eigenvalue weighted by Crippen LogP contribution is -2.40. The highest BCUT2D eigenvalue weighted by Gasteiger charge is 2.43. The van der Waals surface area contributed by atoms with Gasteiger partial charge in [-0.2, -0.15) is 8.42 Å². The quantitative estimate of drug-likeness (QED) is 0.279. The van der Waals surface area contributed by atoms with E-state index in [9.17, 15) is 21.6 Å². The number of rotatable bonds is 7. The van der Waals surface area contributed by atoms with Gasteiger partial charge in [0, 0.05) is 32.1 Å². The highest BCUT2D eigenvalue weighted by Crippen LogP contribution is 2.47. The molecule has 0 bridgehead atoms. The molecule has 0 spiro atoms. The Morgan fingerprint density at radius 1 is 1.07 bits per heavy atom. The zero-order valence-corrected chi connectivity index (χ0v) is 25.1. The zero-order chi connectivity index (χ0) is 28.8. The van der Waals surface area contributed by atoms with E-state index in [1.165, 1.54) is 15.9 Å².